The summed E-state index contributed by atoms with van der Waals surface area (Å²) in [5, 5.41) is 45.8. The van der Waals surface area contributed by atoms with Gasteiger partial charge in [-0.25, -0.2) is 0 Å². The first kappa shape index (κ1) is 98.6. The normalized spacial score (nSPS) is 13.8. The van der Waals surface area contributed by atoms with Gasteiger partial charge in [-0.2, -0.15) is 0 Å². The third-order valence-corrected chi connectivity index (χ3v) is 14.0. The molecule has 4 unspecified atom stereocenters. The smallest absolute Gasteiger partial charge is 0.546 e. The Kier molecular flexibility index (Phi) is 66.3. The summed E-state index contributed by atoms with van der Waals surface area (Å²) in [4.78, 5) is 96.2. The van der Waals surface area contributed by atoms with Crippen molar-refractivity contribution in [3.8, 4) is 0 Å². The first-order valence-electron chi connectivity index (χ1n) is 34.3. The summed E-state index contributed by atoms with van der Waals surface area (Å²) in [7, 11) is 0. The fourth-order valence-electron chi connectivity index (χ4n) is 6.98. The van der Waals surface area contributed by atoms with Gasteiger partial charge < -0.3 is 96.4 Å². The molecule has 0 amide bonds. The molecule has 544 valence electrons. The number of carboxylic acids is 4. The minimum absolute atomic E-state index is 0. The number of carboxylic acid groups (broad SMARTS) is 4. The number of hydrogen-bond acceptors (Lipinski definition) is 24. The van der Waals surface area contributed by atoms with Gasteiger partial charge in [0.15, 0.2) is 22.4 Å². The molecule has 0 bridgehead atoms. The molecule has 0 saturated carbocycles. The van der Waals surface area contributed by atoms with Crippen molar-refractivity contribution in [1.82, 2.24) is 0 Å². The molecule has 0 aliphatic heterocycles. The van der Waals surface area contributed by atoms with Crippen molar-refractivity contribution in [3.63, 3.8) is 0 Å². The summed E-state index contributed by atoms with van der Waals surface area (Å²) >= 11 is 0. The van der Waals surface area contributed by atoms with E-state index in [0.717, 1.165) is 128 Å². The van der Waals surface area contributed by atoms with E-state index in [1.807, 2.05) is 83.1 Å². The van der Waals surface area contributed by atoms with Crippen molar-refractivity contribution in [3.05, 3.63) is 0 Å². The maximum Gasteiger partial charge on any atom is 4.00 e. The van der Waals surface area contributed by atoms with Crippen LogP contribution in [-0.2, 0) is 121 Å². The summed E-state index contributed by atoms with van der Waals surface area (Å²) in [5.41, 5.74) is -8.23. The summed E-state index contributed by atoms with van der Waals surface area (Å²) in [6, 6.07) is 0. The molecule has 0 aliphatic rings. The molecule has 0 aromatic heterocycles. The van der Waals surface area contributed by atoms with Gasteiger partial charge in [0.05, 0.1) is 76.7 Å². The average molecular weight is 1420 g/mol. The molecule has 4 atom stereocenters. The SMILES string of the molecule is CCCCOC(OCCCC)C(=O)C(C)(OCCCC)C(=O)[O-].CCCCOC(OCCCC)C(=O)C(C)(OCCCC)C(=O)[O-].CCCCOC(OCCCC)C(=O)C(C)(OCCCC)C(=O)[O-].CCCCOC(OCCCC)C(=O)C(C)(OCCCC)C(=O)[O-].[Zr+4]. The van der Waals surface area contributed by atoms with E-state index in [0.29, 0.717) is 78.5 Å². The molecule has 0 spiro atoms. The maximum atomic E-state index is 12.6. The van der Waals surface area contributed by atoms with Gasteiger partial charge >= 0.3 is 26.2 Å². The van der Waals surface area contributed by atoms with Crippen molar-refractivity contribution in [1.29, 1.82) is 0 Å². The Labute approximate surface area is 577 Å². The Hall–Kier alpha value is -3.04. The molecular weight excluding hydrogens is 1290 g/mol. The van der Waals surface area contributed by atoms with Crippen LogP contribution in [0.25, 0.3) is 0 Å². The maximum absolute atomic E-state index is 12.6. The van der Waals surface area contributed by atoms with Crippen LogP contribution in [0.4, 0.5) is 0 Å². The van der Waals surface area contributed by atoms with Crippen LogP contribution in [0.15, 0.2) is 0 Å². The number of carbonyl (C=O) groups excluding carboxylic acids is 8. The summed E-state index contributed by atoms with van der Waals surface area (Å²) in [5.74, 6) is -9.27. The Morgan fingerprint density at radius 3 is 0.441 bits per heavy atom. The second kappa shape index (κ2) is 62.5. The number of aliphatic carboxylic acids is 4. The second-order valence-electron chi connectivity index (χ2n) is 22.7. The number of rotatable bonds is 60. The molecular formula is C68H124O24Zr. The predicted molar refractivity (Wildman–Crippen MR) is 339 cm³/mol. The van der Waals surface area contributed by atoms with Crippen molar-refractivity contribution < 1.29 is 142 Å². The molecule has 25 heteroatoms. The van der Waals surface area contributed by atoms with Crippen LogP contribution in [0.2, 0.25) is 0 Å². The third kappa shape index (κ3) is 43.1. The second-order valence-corrected chi connectivity index (χ2v) is 22.7. The van der Waals surface area contributed by atoms with Gasteiger partial charge in [0.25, 0.3) is 0 Å². The van der Waals surface area contributed by atoms with Gasteiger partial charge in [-0.05, 0) is 105 Å². The number of ether oxygens (including phenoxy) is 12. The van der Waals surface area contributed by atoms with Crippen LogP contribution >= 0.6 is 0 Å². The zero-order valence-corrected chi connectivity index (χ0v) is 62.5. The Balaban J connectivity index is -0.000000369. The third-order valence-electron chi connectivity index (χ3n) is 14.0. The van der Waals surface area contributed by atoms with Crippen LogP contribution in [0, 0.1) is 0 Å². The molecule has 0 radical (unpaired) electrons. The predicted octanol–water partition coefficient (Wildman–Crippen LogP) is 7.36. The monoisotopic (exact) mass is 1410 g/mol. The molecule has 0 saturated heterocycles. The van der Waals surface area contributed by atoms with Gasteiger partial charge in [-0.1, -0.05) is 160 Å². The number of Topliss-reactive ketones (excluding diaryl/α,β-unsaturated/α-hetero) is 4. The first-order valence-corrected chi connectivity index (χ1v) is 34.3. The fourth-order valence-corrected chi connectivity index (χ4v) is 6.98. The van der Waals surface area contributed by atoms with E-state index in [9.17, 15) is 58.8 Å². The van der Waals surface area contributed by atoms with Crippen LogP contribution in [0.5, 0.6) is 0 Å². The van der Waals surface area contributed by atoms with Crippen LogP contribution < -0.4 is 20.4 Å². The number of carbonyl (C=O) groups is 8. The molecule has 0 heterocycles. The summed E-state index contributed by atoms with van der Waals surface area (Å²) in [6.45, 7) is 31.9. The van der Waals surface area contributed by atoms with E-state index in [1.165, 1.54) is 27.7 Å². The Morgan fingerprint density at radius 1 is 0.237 bits per heavy atom. The summed E-state index contributed by atoms with van der Waals surface area (Å²) in [6.07, 6.45) is 14.4. The van der Waals surface area contributed by atoms with Crippen molar-refractivity contribution in [2.24, 2.45) is 0 Å². The molecule has 24 nitrogen and oxygen atoms in total. The number of unbranched alkanes of at least 4 members (excludes halogenated alkanes) is 12. The van der Waals surface area contributed by atoms with E-state index < -0.39 is 94.6 Å². The van der Waals surface area contributed by atoms with Gasteiger partial charge in [0, 0.05) is 26.4 Å². The van der Waals surface area contributed by atoms with Crippen LogP contribution in [-0.4, -0.2) is 174 Å². The van der Waals surface area contributed by atoms with Gasteiger partial charge in [-0.3, -0.25) is 19.2 Å². The molecule has 0 fully saturated rings. The van der Waals surface area contributed by atoms with E-state index in [2.05, 4.69) is 0 Å². The largest absolute Gasteiger partial charge is 4.00 e. The van der Waals surface area contributed by atoms with E-state index >= 15 is 0 Å². The average Bonchev–Trinajstić information content (AvgIpc) is 1.11. The van der Waals surface area contributed by atoms with Crippen molar-refractivity contribution in [2.45, 2.75) is 312 Å². The number of ketones is 4. The van der Waals surface area contributed by atoms with E-state index in [4.69, 9.17) is 56.8 Å². The fraction of sp³-hybridized carbons (Fsp3) is 0.882. The van der Waals surface area contributed by atoms with Crippen molar-refractivity contribution >= 4 is 47.0 Å². The van der Waals surface area contributed by atoms with Gasteiger partial charge in [0.1, 0.15) is 0 Å². The summed E-state index contributed by atoms with van der Waals surface area (Å²) < 4.78 is 64.9. The number of hydrogen-bond donors (Lipinski definition) is 0. The van der Waals surface area contributed by atoms with E-state index in [1.54, 1.807) is 0 Å². The van der Waals surface area contributed by atoms with Crippen molar-refractivity contribution in [2.75, 3.05) is 79.3 Å². The van der Waals surface area contributed by atoms with E-state index in [-0.39, 0.29) is 52.6 Å². The molecule has 0 N–H and O–H groups in total. The standard InChI is InChI=1S/4C17H32O6.Zr/c4*1-5-8-11-21-15(22-12-9-6-2)14(18)17(4,16(19)20)23-13-10-7-3;/h4*15H,5-13H2,1-4H3,(H,19,20);/q;;;;+4/p-4. The molecule has 0 rings (SSSR count). The Morgan fingerprint density at radius 2 is 0.344 bits per heavy atom. The van der Waals surface area contributed by atoms with Gasteiger partial charge in [0.2, 0.25) is 48.3 Å². The quantitative estimate of drug-likeness (QED) is 0.0326. The minimum Gasteiger partial charge on any atom is -0.546 e. The molecule has 0 aromatic rings. The molecule has 93 heavy (non-hydrogen) atoms. The molecule has 0 aromatic carbocycles. The zero-order valence-electron chi connectivity index (χ0n) is 60.1. The Bertz CT molecular complexity index is 1610. The topological polar surface area (TPSA) is 340 Å². The van der Waals surface area contributed by atoms with Gasteiger partial charge in [-0.15, -0.1) is 0 Å². The minimum atomic E-state index is -2.06. The first-order chi connectivity index (χ1) is 43.7. The zero-order chi connectivity index (χ0) is 70.9. The molecule has 0 aliphatic carbocycles. The van der Waals surface area contributed by atoms with Crippen LogP contribution in [0.3, 0.4) is 0 Å². The van der Waals surface area contributed by atoms with Crippen LogP contribution in [0.1, 0.15) is 265 Å².